The molecule has 1 aromatic heterocycles. The zero-order valence-corrected chi connectivity index (χ0v) is 16.4. The molecule has 0 radical (unpaired) electrons. The summed E-state index contributed by atoms with van der Waals surface area (Å²) in [6.45, 7) is 2.28. The summed E-state index contributed by atoms with van der Waals surface area (Å²) in [5.41, 5.74) is 2.74. The monoisotopic (exact) mass is 429 g/mol. The smallest absolute Gasteiger partial charge is 0.346 e. The SMILES string of the molecule is O=C(NN1CCOCC1)C1CCC2CN1C(=O)N2OS(=O)(=O)[O-].c1cc[nH+]cc1. The van der Waals surface area contributed by atoms with Crippen molar-refractivity contribution in [1.29, 1.82) is 0 Å². The van der Waals surface area contributed by atoms with Gasteiger partial charge in [-0.3, -0.25) is 10.2 Å². The molecule has 4 rings (SSSR count). The van der Waals surface area contributed by atoms with Gasteiger partial charge < -0.3 is 14.2 Å². The summed E-state index contributed by atoms with van der Waals surface area (Å²) >= 11 is 0. The van der Waals surface area contributed by atoms with Gasteiger partial charge in [0.15, 0.2) is 12.4 Å². The number of rotatable bonds is 4. The highest BCUT2D eigenvalue weighted by atomic mass is 32.3. The summed E-state index contributed by atoms with van der Waals surface area (Å²) < 4.78 is 41.5. The van der Waals surface area contributed by atoms with Gasteiger partial charge in [0.05, 0.1) is 19.3 Å². The van der Waals surface area contributed by atoms with Gasteiger partial charge in [-0.05, 0) is 12.8 Å². The molecule has 2 N–H and O–H groups in total. The van der Waals surface area contributed by atoms with Gasteiger partial charge in [-0.1, -0.05) is 6.07 Å². The number of fused-ring (bicyclic) bond motifs is 2. The second-order valence-corrected chi connectivity index (χ2v) is 7.61. The van der Waals surface area contributed by atoms with E-state index < -0.39 is 28.5 Å². The van der Waals surface area contributed by atoms with E-state index in [1.165, 1.54) is 4.90 Å². The molecule has 3 amide bonds. The number of ether oxygens (including phenoxy) is 1. The number of nitrogens with one attached hydrogen (secondary N) is 2. The lowest BCUT2D eigenvalue weighted by Gasteiger charge is -2.33. The van der Waals surface area contributed by atoms with Crippen LogP contribution in [0.15, 0.2) is 30.6 Å². The van der Waals surface area contributed by atoms with Crippen molar-refractivity contribution in [2.45, 2.75) is 24.9 Å². The number of aromatic nitrogens is 1. The van der Waals surface area contributed by atoms with E-state index in [1.807, 2.05) is 30.6 Å². The van der Waals surface area contributed by atoms with Crippen LogP contribution >= 0.6 is 0 Å². The van der Waals surface area contributed by atoms with Gasteiger partial charge >= 0.3 is 6.03 Å². The van der Waals surface area contributed by atoms with Gasteiger partial charge in [0.25, 0.3) is 5.91 Å². The second kappa shape index (κ2) is 9.45. The van der Waals surface area contributed by atoms with Crippen molar-refractivity contribution in [3.05, 3.63) is 30.6 Å². The summed E-state index contributed by atoms with van der Waals surface area (Å²) in [5, 5.41) is 2.28. The Morgan fingerprint density at radius 3 is 2.45 bits per heavy atom. The normalized spacial score (nSPS) is 24.7. The molecule has 0 aromatic carbocycles. The minimum atomic E-state index is -5.03. The molecule has 0 saturated carbocycles. The Bertz CT molecular complexity index is 776. The van der Waals surface area contributed by atoms with Crippen molar-refractivity contribution >= 4 is 22.3 Å². The van der Waals surface area contributed by atoms with Crippen molar-refractivity contribution in [1.82, 2.24) is 20.4 Å². The molecule has 3 aliphatic heterocycles. The first-order chi connectivity index (χ1) is 13.8. The number of piperidine rings is 1. The molecule has 0 spiro atoms. The van der Waals surface area contributed by atoms with Gasteiger partial charge in [-0.2, -0.15) is 9.35 Å². The molecule has 3 aliphatic rings. The third kappa shape index (κ3) is 5.83. The number of hydrazine groups is 1. The number of urea groups is 1. The molecule has 160 valence electrons. The fourth-order valence-corrected chi connectivity index (χ4v) is 3.73. The number of hydroxylamine groups is 2. The number of amides is 3. The molecule has 13 heteroatoms. The second-order valence-electron chi connectivity index (χ2n) is 6.64. The van der Waals surface area contributed by atoms with E-state index in [0.29, 0.717) is 44.2 Å². The maximum Gasteiger partial charge on any atom is 0.346 e. The van der Waals surface area contributed by atoms with E-state index in [4.69, 9.17) is 4.74 Å². The third-order valence-corrected chi connectivity index (χ3v) is 5.03. The summed E-state index contributed by atoms with van der Waals surface area (Å²) in [6, 6.07) is 3.81. The third-order valence-electron chi connectivity index (χ3n) is 4.68. The van der Waals surface area contributed by atoms with E-state index in [2.05, 4.69) is 14.7 Å². The number of aromatic amines is 1. The lowest BCUT2D eigenvalue weighted by atomic mass is 10.0. The van der Waals surface area contributed by atoms with Crippen LogP contribution in [0.4, 0.5) is 4.79 Å². The van der Waals surface area contributed by atoms with Crippen LogP contribution in [-0.2, 0) is 24.2 Å². The lowest BCUT2D eigenvalue weighted by molar-refractivity contribution is -0.377. The molecule has 2 atom stereocenters. The predicted octanol–water partition coefficient (Wildman–Crippen LogP) is -1.49. The Balaban J connectivity index is 0.000000343. The van der Waals surface area contributed by atoms with Gasteiger partial charge in [-0.25, -0.2) is 23.2 Å². The number of hydrogen-bond donors (Lipinski definition) is 1. The van der Waals surface area contributed by atoms with Crippen LogP contribution in [0, 0.1) is 0 Å². The largest absolute Gasteiger partial charge is 0.724 e. The standard InChI is InChI=1S/C11H18N4O7S.C5H5N/c16-10(12-13-3-5-21-6-4-13)9-2-1-8-7-14(9)11(17)15(8)22-23(18,19)20;1-2-4-6-5-3-1/h8-9H,1-7H2,(H,12,16)(H,18,19,20);1-5H. The first kappa shape index (κ1) is 21.4. The minimum absolute atomic E-state index is 0.148. The Morgan fingerprint density at radius 1 is 1.21 bits per heavy atom. The summed E-state index contributed by atoms with van der Waals surface area (Å²) in [7, 11) is -5.03. The first-order valence-electron chi connectivity index (χ1n) is 9.14. The van der Waals surface area contributed by atoms with Crippen LogP contribution in [0.5, 0.6) is 0 Å². The topological polar surface area (TPSA) is 146 Å². The average Bonchev–Trinajstić information content (AvgIpc) is 2.94. The predicted molar refractivity (Wildman–Crippen MR) is 95.1 cm³/mol. The van der Waals surface area contributed by atoms with E-state index in [-0.39, 0.29) is 12.5 Å². The minimum Gasteiger partial charge on any atom is -0.724 e. The Kier molecular flexibility index (Phi) is 6.97. The van der Waals surface area contributed by atoms with Crippen molar-refractivity contribution in [2.75, 3.05) is 32.8 Å². The molecule has 3 fully saturated rings. The molecule has 29 heavy (non-hydrogen) atoms. The Labute approximate surface area is 168 Å². The highest BCUT2D eigenvalue weighted by molar-refractivity contribution is 7.80. The fraction of sp³-hybridized carbons (Fsp3) is 0.562. The van der Waals surface area contributed by atoms with Crippen LogP contribution < -0.4 is 10.4 Å². The van der Waals surface area contributed by atoms with Crippen LogP contribution in [0.1, 0.15) is 12.8 Å². The zero-order chi connectivity index (χ0) is 20.9. The average molecular weight is 429 g/mol. The molecule has 2 unspecified atom stereocenters. The maximum atomic E-state index is 12.4. The summed E-state index contributed by atoms with van der Waals surface area (Å²) in [5.74, 6) is -0.342. The number of carbonyl (C=O) groups is 2. The molecule has 0 aliphatic carbocycles. The molecule has 4 heterocycles. The van der Waals surface area contributed by atoms with Crippen LogP contribution in [0.2, 0.25) is 0 Å². The molecule has 1 aromatic rings. The number of nitrogens with zero attached hydrogens (tertiary/aromatic N) is 3. The van der Waals surface area contributed by atoms with Crippen molar-refractivity contribution in [2.24, 2.45) is 0 Å². The summed E-state index contributed by atoms with van der Waals surface area (Å²) in [4.78, 5) is 28.7. The molecule has 3 saturated heterocycles. The van der Waals surface area contributed by atoms with Crippen molar-refractivity contribution < 1.29 is 36.6 Å². The van der Waals surface area contributed by atoms with Crippen LogP contribution in [0.3, 0.4) is 0 Å². The number of pyridine rings is 1. The Hall–Kier alpha value is -2.32. The van der Waals surface area contributed by atoms with Gasteiger partial charge in [0, 0.05) is 31.8 Å². The number of morpholine rings is 1. The van der Waals surface area contributed by atoms with E-state index in [0.717, 1.165) is 0 Å². The zero-order valence-electron chi connectivity index (χ0n) is 15.6. The quantitative estimate of drug-likeness (QED) is 0.450. The Morgan fingerprint density at radius 2 is 1.90 bits per heavy atom. The highest BCUT2D eigenvalue weighted by Gasteiger charge is 2.48. The van der Waals surface area contributed by atoms with Crippen molar-refractivity contribution in [3.8, 4) is 0 Å². The van der Waals surface area contributed by atoms with Gasteiger partial charge in [0.1, 0.15) is 6.04 Å². The number of carbonyl (C=O) groups excluding carboxylic acids is 2. The van der Waals surface area contributed by atoms with Crippen LogP contribution in [0.25, 0.3) is 0 Å². The molecule has 12 nitrogen and oxygen atoms in total. The molecular weight excluding hydrogens is 406 g/mol. The molecule has 2 bridgehead atoms. The van der Waals surface area contributed by atoms with E-state index >= 15 is 0 Å². The summed E-state index contributed by atoms with van der Waals surface area (Å²) in [6.07, 6.45) is 4.49. The van der Waals surface area contributed by atoms with Gasteiger partial charge in [0.2, 0.25) is 10.4 Å². The lowest BCUT2D eigenvalue weighted by Crippen LogP contribution is -2.56. The first-order valence-corrected chi connectivity index (χ1v) is 10.5. The molecular formula is C16H23N5O7S. The van der Waals surface area contributed by atoms with Crippen molar-refractivity contribution in [3.63, 3.8) is 0 Å². The maximum absolute atomic E-state index is 12.4. The van der Waals surface area contributed by atoms with Crippen LogP contribution in [-0.4, -0.2) is 84.8 Å². The highest BCUT2D eigenvalue weighted by Crippen LogP contribution is 2.30. The fourth-order valence-electron chi connectivity index (χ4n) is 3.35. The number of hydrogen-bond acceptors (Lipinski definition) is 8. The van der Waals surface area contributed by atoms with E-state index in [1.54, 1.807) is 5.01 Å². The van der Waals surface area contributed by atoms with E-state index in [9.17, 15) is 22.6 Å². The number of H-pyrrole nitrogens is 1. The van der Waals surface area contributed by atoms with Gasteiger partial charge in [-0.15, -0.1) is 0 Å².